The molecule has 0 aromatic heterocycles. The molecular weight excluding hydrogens is 419 g/mol. The van der Waals surface area contributed by atoms with Crippen molar-refractivity contribution in [2.24, 2.45) is 0 Å². The molecule has 27 heavy (non-hydrogen) atoms. The van der Waals surface area contributed by atoms with Gasteiger partial charge in [0.25, 0.3) is 15.7 Å². The topological polar surface area (TPSA) is 107 Å². The number of halogens is 2. The highest BCUT2D eigenvalue weighted by atomic mass is 35.5. The standard InChI is InChI=1S/C16H14Cl2N2O6S/c1-2-26-15(21)10-19(13-8-5-6-11(17)16(13)18)27(24,25)14-9-4-3-7-12(14)20(22)23/h3-9H,2,10H2,1H3. The van der Waals surface area contributed by atoms with Gasteiger partial charge in [-0.05, 0) is 25.1 Å². The summed E-state index contributed by atoms with van der Waals surface area (Å²) in [6, 6.07) is 9.00. The fourth-order valence-electron chi connectivity index (χ4n) is 2.25. The molecule has 8 nitrogen and oxygen atoms in total. The van der Waals surface area contributed by atoms with Crippen LogP contribution in [-0.4, -0.2) is 32.5 Å². The molecule has 0 N–H and O–H groups in total. The summed E-state index contributed by atoms with van der Waals surface area (Å²) in [5.74, 6) is -0.851. The van der Waals surface area contributed by atoms with E-state index in [1.807, 2.05) is 0 Å². The van der Waals surface area contributed by atoms with Gasteiger partial charge in [-0.2, -0.15) is 0 Å². The van der Waals surface area contributed by atoms with Crippen molar-refractivity contribution in [2.45, 2.75) is 11.8 Å². The highest BCUT2D eigenvalue weighted by Crippen LogP contribution is 2.37. The van der Waals surface area contributed by atoms with Gasteiger partial charge in [0.05, 0.1) is 27.3 Å². The van der Waals surface area contributed by atoms with Gasteiger partial charge < -0.3 is 4.74 Å². The number of nitrogens with zero attached hydrogens (tertiary/aromatic N) is 2. The zero-order valence-electron chi connectivity index (χ0n) is 14.0. The molecule has 0 bridgehead atoms. The molecule has 0 amide bonds. The van der Waals surface area contributed by atoms with E-state index in [1.165, 1.54) is 30.3 Å². The Morgan fingerprint density at radius 1 is 1.19 bits per heavy atom. The lowest BCUT2D eigenvalue weighted by Crippen LogP contribution is -2.37. The number of anilines is 1. The van der Waals surface area contributed by atoms with E-state index < -0.39 is 38.0 Å². The number of hydrogen-bond acceptors (Lipinski definition) is 6. The van der Waals surface area contributed by atoms with Gasteiger partial charge in [-0.25, -0.2) is 8.42 Å². The van der Waals surface area contributed by atoms with E-state index in [-0.39, 0.29) is 22.3 Å². The number of nitro groups is 1. The molecule has 0 aliphatic rings. The first-order valence-electron chi connectivity index (χ1n) is 7.56. The van der Waals surface area contributed by atoms with Gasteiger partial charge in [0.2, 0.25) is 0 Å². The average molecular weight is 433 g/mol. The third-order valence-electron chi connectivity index (χ3n) is 3.41. The predicted molar refractivity (Wildman–Crippen MR) is 101 cm³/mol. The minimum atomic E-state index is -4.53. The van der Waals surface area contributed by atoms with Crippen LogP contribution in [0, 0.1) is 10.1 Å². The number of para-hydroxylation sites is 1. The van der Waals surface area contributed by atoms with Crippen molar-refractivity contribution in [1.82, 2.24) is 0 Å². The van der Waals surface area contributed by atoms with E-state index in [9.17, 15) is 23.3 Å². The summed E-state index contributed by atoms with van der Waals surface area (Å²) in [4.78, 5) is 21.8. The number of ether oxygens (including phenoxy) is 1. The van der Waals surface area contributed by atoms with Crippen LogP contribution < -0.4 is 4.31 Å². The summed E-state index contributed by atoms with van der Waals surface area (Å²) in [6.45, 7) is 0.856. The number of rotatable bonds is 7. The lowest BCUT2D eigenvalue weighted by atomic mass is 10.3. The number of hydrogen-bond donors (Lipinski definition) is 0. The number of nitro benzene ring substituents is 1. The van der Waals surface area contributed by atoms with E-state index >= 15 is 0 Å². The van der Waals surface area contributed by atoms with Crippen LogP contribution >= 0.6 is 23.2 Å². The Labute approximate surface area is 165 Å². The van der Waals surface area contributed by atoms with Gasteiger partial charge in [-0.15, -0.1) is 0 Å². The third kappa shape index (κ3) is 4.49. The Bertz CT molecular complexity index is 981. The van der Waals surface area contributed by atoms with Crippen LogP contribution in [0.4, 0.5) is 11.4 Å². The van der Waals surface area contributed by atoms with Gasteiger partial charge in [-0.1, -0.05) is 41.4 Å². The van der Waals surface area contributed by atoms with E-state index in [1.54, 1.807) is 6.92 Å². The number of carbonyl (C=O) groups excluding carboxylic acids is 1. The molecule has 2 aromatic rings. The van der Waals surface area contributed by atoms with Crippen molar-refractivity contribution >= 4 is 50.6 Å². The molecule has 0 saturated heterocycles. The fraction of sp³-hybridized carbons (Fsp3) is 0.188. The smallest absolute Gasteiger partial charge is 0.326 e. The zero-order valence-corrected chi connectivity index (χ0v) is 16.3. The first-order chi connectivity index (χ1) is 12.7. The second kappa shape index (κ2) is 8.55. The number of sulfonamides is 1. The molecular formula is C16H14Cl2N2O6S. The summed E-state index contributed by atoms with van der Waals surface area (Å²) in [5, 5.41) is 11.2. The minimum absolute atomic E-state index is 0.0292. The van der Waals surface area contributed by atoms with Crippen LogP contribution in [0.15, 0.2) is 47.4 Å². The van der Waals surface area contributed by atoms with Crippen LogP contribution in [0.3, 0.4) is 0 Å². The highest BCUT2D eigenvalue weighted by molar-refractivity contribution is 7.93. The normalized spacial score (nSPS) is 11.1. The van der Waals surface area contributed by atoms with Gasteiger partial charge in [0.1, 0.15) is 6.54 Å². The van der Waals surface area contributed by atoms with Crippen molar-refractivity contribution in [2.75, 3.05) is 17.5 Å². The Morgan fingerprint density at radius 3 is 2.48 bits per heavy atom. The summed E-state index contributed by atoms with van der Waals surface area (Å²) >= 11 is 12.1. The molecule has 0 aliphatic heterocycles. The molecule has 11 heteroatoms. The van der Waals surface area contributed by atoms with E-state index in [2.05, 4.69) is 0 Å². The lowest BCUT2D eigenvalue weighted by molar-refractivity contribution is -0.387. The van der Waals surface area contributed by atoms with Crippen LogP contribution in [-0.2, 0) is 19.6 Å². The predicted octanol–water partition coefficient (Wildman–Crippen LogP) is 3.66. The zero-order chi connectivity index (χ0) is 20.2. The molecule has 0 heterocycles. The molecule has 2 aromatic carbocycles. The van der Waals surface area contributed by atoms with Crippen LogP contribution in [0.5, 0.6) is 0 Å². The number of benzene rings is 2. The Hall–Kier alpha value is -2.36. The van der Waals surface area contributed by atoms with E-state index in [0.717, 1.165) is 12.1 Å². The van der Waals surface area contributed by atoms with Gasteiger partial charge in [0.15, 0.2) is 4.90 Å². The second-order valence-electron chi connectivity index (χ2n) is 5.11. The molecule has 0 spiro atoms. The maximum atomic E-state index is 13.2. The van der Waals surface area contributed by atoms with Crippen LogP contribution in [0.25, 0.3) is 0 Å². The van der Waals surface area contributed by atoms with Crippen molar-refractivity contribution in [3.8, 4) is 0 Å². The molecule has 0 saturated carbocycles. The van der Waals surface area contributed by atoms with E-state index in [4.69, 9.17) is 27.9 Å². The maximum Gasteiger partial charge on any atom is 0.326 e. The molecule has 2 rings (SSSR count). The highest BCUT2D eigenvalue weighted by Gasteiger charge is 2.34. The van der Waals surface area contributed by atoms with E-state index in [0.29, 0.717) is 4.31 Å². The Balaban J connectivity index is 2.67. The average Bonchev–Trinajstić information content (AvgIpc) is 2.62. The van der Waals surface area contributed by atoms with Crippen molar-refractivity contribution < 1.29 is 22.9 Å². The number of esters is 1. The Kier molecular flexibility index (Phi) is 6.63. The molecule has 0 fully saturated rings. The van der Waals surface area contributed by atoms with Crippen molar-refractivity contribution in [3.63, 3.8) is 0 Å². The van der Waals surface area contributed by atoms with Crippen molar-refractivity contribution in [3.05, 3.63) is 62.6 Å². The van der Waals surface area contributed by atoms with Gasteiger partial charge in [0, 0.05) is 6.07 Å². The van der Waals surface area contributed by atoms with Crippen molar-refractivity contribution in [1.29, 1.82) is 0 Å². The first-order valence-corrected chi connectivity index (χ1v) is 9.75. The summed E-state index contributed by atoms with van der Waals surface area (Å²) < 4.78 is 31.8. The first kappa shape index (κ1) is 20.9. The molecule has 0 atom stereocenters. The van der Waals surface area contributed by atoms with Crippen LogP contribution in [0.2, 0.25) is 10.0 Å². The molecule has 0 radical (unpaired) electrons. The minimum Gasteiger partial charge on any atom is -0.465 e. The lowest BCUT2D eigenvalue weighted by Gasteiger charge is -2.24. The van der Waals surface area contributed by atoms with Crippen LogP contribution in [0.1, 0.15) is 6.92 Å². The quantitative estimate of drug-likeness (QED) is 0.375. The maximum absolute atomic E-state index is 13.2. The summed E-state index contributed by atoms with van der Waals surface area (Å²) in [6.07, 6.45) is 0. The van der Waals surface area contributed by atoms with Gasteiger partial charge >= 0.3 is 5.97 Å². The largest absolute Gasteiger partial charge is 0.465 e. The fourth-order valence-corrected chi connectivity index (χ4v) is 4.28. The monoisotopic (exact) mass is 432 g/mol. The molecule has 144 valence electrons. The third-order valence-corrected chi connectivity index (χ3v) is 6.02. The SMILES string of the molecule is CCOC(=O)CN(c1cccc(Cl)c1Cl)S(=O)(=O)c1ccccc1[N+](=O)[O-]. The Morgan fingerprint density at radius 2 is 1.85 bits per heavy atom. The summed E-state index contributed by atoms with van der Waals surface area (Å²) in [7, 11) is -4.53. The molecule has 0 aliphatic carbocycles. The summed E-state index contributed by atoms with van der Waals surface area (Å²) in [5.41, 5.74) is -0.736. The number of carbonyl (C=O) groups is 1. The molecule has 0 unspecified atom stereocenters. The second-order valence-corrected chi connectivity index (χ2v) is 7.73. The van der Waals surface area contributed by atoms with Gasteiger partial charge in [-0.3, -0.25) is 19.2 Å².